The monoisotopic (exact) mass is 308 g/mol. The molecule has 2 N–H and O–H groups in total. The molecule has 0 bridgehead atoms. The van der Waals surface area contributed by atoms with Crippen LogP contribution in [-0.4, -0.2) is 37.6 Å². The summed E-state index contributed by atoms with van der Waals surface area (Å²) in [4.78, 5) is 3.91. The summed E-state index contributed by atoms with van der Waals surface area (Å²) in [7, 11) is -3.44. The van der Waals surface area contributed by atoms with E-state index in [1.54, 1.807) is 10.8 Å². The molecule has 1 aliphatic rings. The fourth-order valence-electron chi connectivity index (χ4n) is 2.08. The molecule has 0 radical (unpaired) electrons. The van der Waals surface area contributed by atoms with Crippen molar-refractivity contribution in [2.45, 2.75) is 31.3 Å². The Morgan fingerprint density at radius 1 is 1.58 bits per heavy atom. The predicted octanol–water partition coefficient (Wildman–Crippen LogP) is 0.603. The van der Waals surface area contributed by atoms with Crippen molar-refractivity contribution in [2.75, 3.05) is 19.6 Å². The Morgan fingerprint density at radius 3 is 2.95 bits per heavy atom. The first-order chi connectivity index (χ1) is 8.62. The second-order valence-corrected chi connectivity index (χ2v) is 6.30. The molecule has 2 heterocycles. The zero-order valence-corrected chi connectivity index (χ0v) is 12.6. The van der Waals surface area contributed by atoms with Gasteiger partial charge in [-0.15, -0.1) is 12.4 Å². The van der Waals surface area contributed by atoms with Crippen molar-refractivity contribution in [3.8, 4) is 0 Å². The minimum atomic E-state index is -3.44. The first-order valence-corrected chi connectivity index (χ1v) is 7.82. The molecule has 1 unspecified atom stereocenters. The Balaban J connectivity index is 0.00000180. The van der Waals surface area contributed by atoms with Gasteiger partial charge in [0.1, 0.15) is 0 Å². The van der Waals surface area contributed by atoms with Crippen LogP contribution in [0.25, 0.3) is 0 Å². The molecular formula is C11H21ClN4O2S. The van der Waals surface area contributed by atoms with Gasteiger partial charge in [-0.25, -0.2) is 18.1 Å². The molecule has 19 heavy (non-hydrogen) atoms. The van der Waals surface area contributed by atoms with Crippen LogP contribution in [0.4, 0.5) is 0 Å². The Bertz CT molecular complexity index is 483. The number of hydrogen-bond donors (Lipinski definition) is 2. The highest BCUT2D eigenvalue weighted by Crippen LogP contribution is 2.12. The van der Waals surface area contributed by atoms with Crippen LogP contribution < -0.4 is 10.0 Å². The second kappa shape index (κ2) is 7.23. The number of imidazole rings is 1. The van der Waals surface area contributed by atoms with Gasteiger partial charge in [0.25, 0.3) is 10.0 Å². The maximum atomic E-state index is 11.9. The Hall–Kier alpha value is -0.630. The molecule has 0 aliphatic carbocycles. The SMILES string of the molecule is CCn1cnc(S(=O)(=O)NCCC2CCNC2)c1.Cl. The minimum Gasteiger partial charge on any atom is -0.336 e. The van der Waals surface area contributed by atoms with Crippen molar-refractivity contribution in [3.05, 3.63) is 12.5 Å². The summed E-state index contributed by atoms with van der Waals surface area (Å²) in [6.45, 7) is 5.17. The van der Waals surface area contributed by atoms with Gasteiger partial charge in [0.2, 0.25) is 0 Å². The van der Waals surface area contributed by atoms with Gasteiger partial charge < -0.3 is 9.88 Å². The van der Waals surface area contributed by atoms with E-state index in [1.165, 1.54) is 6.33 Å². The van der Waals surface area contributed by atoms with E-state index in [0.29, 0.717) is 12.5 Å². The molecule has 0 amide bonds. The van der Waals surface area contributed by atoms with Crippen molar-refractivity contribution < 1.29 is 8.42 Å². The van der Waals surface area contributed by atoms with Gasteiger partial charge in [0, 0.05) is 19.3 Å². The van der Waals surface area contributed by atoms with Gasteiger partial charge in [0.15, 0.2) is 5.03 Å². The zero-order chi connectivity index (χ0) is 13.0. The van der Waals surface area contributed by atoms with Crippen LogP contribution in [0, 0.1) is 5.92 Å². The average Bonchev–Trinajstić information content (AvgIpc) is 2.99. The smallest absolute Gasteiger partial charge is 0.259 e. The molecule has 1 aliphatic heterocycles. The van der Waals surface area contributed by atoms with Crippen LogP contribution in [0.5, 0.6) is 0 Å². The summed E-state index contributed by atoms with van der Waals surface area (Å²) in [5.41, 5.74) is 0. The topological polar surface area (TPSA) is 76.0 Å². The average molecular weight is 309 g/mol. The molecule has 2 rings (SSSR count). The Labute approximate surface area is 120 Å². The summed E-state index contributed by atoms with van der Waals surface area (Å²) in [6.07, 6.45) is 5.10. The van der Waals surface area contributed by atoms with Crippen molar-refractivity contribution in [1.82, 2.24) is 19.6 Å². The number of nitrogens with one attached hydrogen (secondary N) is 2. The highest BCUT2D eigenvalue weighted by Gasteiger charge is 2.19. The van der Waals surface area contributed by atoms with Crippen LogP contribution in [0.2, 0.25) is 0 Å². The maximum absolute atomic E-state index is 11.9. The summed E-state index contributed by atoms with van der Waals surface area (Å²) in [5, 5.41) is 3.38. The number of aryl methyl sites for hydroxylation is 1. The quantitative estimate of drug-likeness (QED) is 0.807. The lowest BCUT2D eigenvalue weighted by Crippen LogP contribution is -2.27. The lowest BCUT2D eigenvalue weighted by Gasteiger charge is -2.08. The number of halogens is 1. The molecule has 1 fully saturated rings. The number of hydrogen-bond acceptors (Lipinski definition) is 4. The van der Waals surface area contributed by atoms with Gasteiger partial charge in [-0.1, -0.05) is 0 Å². The summed E-state index contributed by atoms with van der Waals surface area (Å²) in [5.74, 6) is 0.584. The van der Waals surface area contributed by atoms with Gasteiger partial charge >= 0.3 is 0 Å². The van der Waals surface area contributed by atoms with Crippen molar-refractivity contribution in [2.24, 2.45) is 5.92 Å². The maximum Gasteiger partial charge on any atom is 0.259 e. The molecule has 110 valence electrons. The van der Waals surface area contributed by atoms with Crippen LogP contribution in [0.15, 0.2) is 17.6 Å². The van der Waals surface area contributed by atoms with E-state index >= 15 is 0 Å². The molecule has 1 aromatic rings. The molecule has 6 nitrogen and oxygen atoms in total. The molecule has 1 atom stereocenters. The van der Waals surface area contributed by atoms with Crippen LogP contribution in [0.1, 0.15) is 19.8 Å². The highest BCUT2D eigenvalue weighted by atomic mass is 35.5. The molecule has 0 saturated carbocycles. The van der Waals surface area contributed by atoms with E-state index in [2.05, 4.69) is 15.0 Å². The van der Waals surface area contributed by atoms with Crippen LogP contribution >= 0.6 is 12.4 Å². The molecule has 1 saturated heterocycles. The van der Waals surface area contributed by atoms with Gasteiger partial charge in [-0.2, -0.15) is 0 Å². The number of rotatable bonds is 6. The Kier molecular flexibility index (Phi) is 6.25. The van der Waals surface area contributed by atoms with E-state index in [-0.39, 0.29) is 17.4 Å². The van der Waals surface area contributed by atoms with Crippen LogP contribution in [0.3, 0.4) is 0 Å². The molecule has 0 aromatic carbocycles. The van der Waals surface area contributed by atoms with E-state index < -0.39 is 10.0 Å². The standard InChI is InChI=1S/C11H20N4O2S.ClH/c1-2-15-8-11(13-9-15)18(16,17)14-6-4-10-3-5-12-7-10;/h8-10,12,14H,2-7H2,1H3;1H. The first kappa shape index (κ1) is 16.4. The molecule has 0 spiro atoms. The van der Waals surface area contributed by atoms with E-state index in [9.17, 15) is 8.42 Å². The fourth-order valence-corrected chi connectivity index (χ4v) is 3.08. The minimum absolute atomic E-state index is 0. The number of aromatic nitrogens is 2. The van der Waals surface area contributed by atoms with Crippen molar-refractivity contribution in [3.63, 3.8) is 0 Å². The lowest BCUT2D eigenvalue weighted by molar-refractivity contribution is 0.518. The largest absolute Gasteiger partial charge is 0.336 e. The van der Waals surface area contributed by atoms with Gasteiger partial charge in [-0.3, -0.25) is 0 Å². The summed E-state index contributed by atoms with van der Waals surface area (Å²) >= 11 is 0. The number of nitrogens with zero attached hydrogens (tertiary/aromatic N) is 2. The predicted molar refractivity (Wildman–Crippen MR) is 75.9 cm³/mol. The molecule has 1 aromatic heterocycles. The summed E-state index contributed by atoms with van der Waals surface area (Å²) < 4.78 is 28.2. The normalized spacial score (nSPS) is 19.3. The second-order valence-electron chi connectivity index (χ2n) is 4.59. The highest BCUT2D eigenvalue weighted by molar-refractivity contribution is 7.89. The lowest BCUT2D eigenvalue weighted by atomic mass is 10.1. The first-order valence-electron chi connectivity index (χ1n) is 6.34. The van der Waals surface area contributed by atoms with Gasteiger partial charge in [-0.05, 0) is 38.8 Å². The van der Waals surface area contributed by atoms with Gasteiger partial charge in [0.05, 0.1) is 6.33 Å². The number of sulfonamides is 1. The van der Waals surface area contributed by atoms with E-state index in [4.69, 9.17) is 0 Å². The van der Waals surface area contributed by atoms with E-state index in [1.807, 2.05) is 6.92 Å². The third-order valence-electron chi connectivity index (χ3n) is 3.26. The third-order valence-corrected chi connectivity index (χ3v) is 4.60. The molecular weight excluding hydrogens is 288 g/mol. The van der Waals surface area contributed by atoms with Crippen molar-refractivity contribution >= 4 is 22.4 Å². The van der Waals surface area contributed by atoms with Crippen LogP contribution in [-0.2, 0) is 16.6 Å². The fraction of sp³-hybridized carbons (Fsp3) is 0.727. The van der Waals surface area contributed by atoms with Crippen molar-refractivity contribution in [1.29, 1.82) is 0 Å². The third kappa shape index (κ3) is 4.45. The summed E-state index contributed by atoms with van der Waals surface area (Å²) in [6, 6.07) is 0. The van der Waals surface area contributed by atoms with E-state index in [0.717, 1.165) is 32.5 Å². The Morgan fingerprint density at radius 2 is 2.37 bits per heavy atom. The zero-order valence-electron chi connectivity index (χ0n) is 11.0. The molecule has 8 heteroatoms.